The third-order valence-electron chi connectivity index (χ3n) is 2.92. The van der Waals surface area contributed by atoms with E-state index in [2.05, 4.69) is 10.3 Å². The van der Waals surface area contributed by atoms with Crippen molar-refractivity contribution in [2.24, 2.45) is 5.73 Å². The second-order valence-corrected chi connectivity index (χ2v) is 5.32. The van der Waals surface area contributed by atoms with E-state index in [-0.39, 0.29) is 23.8 Å². The Bertz CT molecular complexity index is 720. The van der Waals surface area contributed by atoms with Crippen molar-refractivity contribution in [2.75, 3.05) is 5.32 Å². The van der Waals surface area contributed by atoms with Crippen LogP contribution in [0.3, 0.4) is 0 Å². The average Bonchev–Trinajstić information content (AvgIpc) is 2.49. The van der Waals surface area contributed by atoms with E-state index in [1.165, 1.54) is 6.07 Å². The Morgan fingerprint density at radius 2 is 1.86 bits per heavy atom. The van der Waals surface area contributed by atoms with Crippen molar-refractivity contribution in [1.29, 1.82) is 0 Å². The van der Waals surface area contributed by atoms with Crippen molar-refractivity contribution in [2.45, 2.75) is 12.8 Å². The van der Waals surface area contributed by atoms with Gasteiger partial charge in [-0.1, -0.05) is 41.4 Å². The molecule has 0 bridgehead atoms. The summed E-state index contributed by atoms with van der Waals surface area (Å²) in [4.78, 5) is 26.9. The minimum absolute atomic E-state index is 0.0932. The molecule has 5 nitrogen and oxygen atoms in total. The Labute approximate surface area is 137 Å². The molecule has 1 aromatic carbocycles. The number of nitrogens with one attached hydrogen (secondary N) is 1. The molecule has 0 fully saturated rings. The summed E-state index contributed by atoms with van der Waals surface area (Å²) in [6, 6.07) is 9.93. The Hall–Kier alpha value is -2.11. The number of amides is 2. The fourth-order valence-corrected chi connectivity index (χ4v) is 2.25. The molecule has 114 valence electrons. The number of halogens is 2. The van der Waals surface area contributed by atoms with Crippen molar-refractivity contribution < 1.29 is 9.59 Å². The van der Waals surface area contributed by atoms with Crippen molar-refractivity contribution in [3.05, 3.63) is 57.7 Å². The molecule has 3 N–H and O–H groups in total. The van der Waals surface area contributed by atoms with E-state index >= 15 is 0 Å². The highest BCUT2D eigenvalue weighted by molar-refractivity contribution is 6.42. The monoisotopic (exact) mass is 337 g/mol. The van der Waals surface area contributed by atoms with Gasteiger partial charge in [0.15, 0.2) is 0 Å². The number of hydrogen-bond acceptors (Lipinski definition) is 3. The fraction of sp³-hybridized carbons (Fsp3) is 0.133. The van der Waals surface area contributed by atoms with Crippen molar-refractivity contribution in [1.82, 2.24) is 4.98 Å². The quantitative estimate of drug-likeness (QED) is 0.879. The average molecular weight is 338 g/mol. The van der Waals surface area contributed by atoms with Crippen molar-refractivity contribution in [3.8, 4) is 0 Å². The van der Waals surface area contributed by atoms with E-state index < -0.39 is 5.91 Å². The molecule has 0 aliphatic rings. The van der Waals surface area contributed by atoms with Gasteiger partial charge in [0.25, 0.3) is 5.91 Å². The minimum Gasteiger partial charge on any atom is -0.364 e. The molecule has 7 heteroatoms. The van der Waals surface area contributed by atoms with Gasteiger partial charge in [0.2, 0.25) is 5.91 Å². The van der Waals surface area contributed by atoms with Gasteiger partial charge in [0.1, 0.15) is 11.5 Å². The van der Waals surface area contributed by atoms with Crippen molar-refractivity contribution >= 4 is 40.8 Å². The van der Waals surface area contributed by atoms with Gasteiger partial charge in [-0.15, -0.1) is 0 Å². The second kappa shape index (κ2) is 7.24. The Balaban J connectivity index is 1.97. The molecular weight excluding hydrogens is 325 g/mol. The number of pyridine rings is 1. The number of aryl methyl sites for hydroxylation is 1. The van der Waals surface area contributed by atoms with Gasteiger partial charge in [0, 0.05) is 6.42 Å². The van der Waals surface area contributed by atoms with Gasteiger partial charge in [-0.25, -0.2) is 4.98 Å². The number of nitrogens with zero attached hydrogens (tertiary/aromatic N) is 1. The van der Waals surface area contributed by atoms with Crippen LogP contribution in [0.25, 0.3) is 0 Å². The molecule has 2 rings (SSSR count). The molecule has 0 aliphatic heterocycles. The summed E-state index contributed by atoms with van der Waals surface area (Å²) in [7, 11) is 0. The van der Waals surface area contributed by atoms with Crippen molar-refractivity contribution in [3.63, 3.8) is 0 Å². The number of nitrogens with two attached hydrogens (primary N) is 1. The maximum Gasteiger partial charge on any atom is 0.267 e. The molecule has 0 saturated heterocycles. The molecule has 0 aliphatic carbocycles. The molecule has 0 saturated carbocycles. The number of rotatable bonds is 5. The maximum atomic E-state index is 11.9. The molecule has 1 heterocycles. The van der Waals surface area contributed by atoms with Gasteiger partial charge < -0.3 is 11.1 Å². The van der Waals surface area contributed by atoms with Crippen LogP contribution in [0.4, 0.5) is 5.82 Å². The molecule has 0 atom stereocenters. The molecule has 22 heavy (non-hydrogen) atoms. The Morgan fingerprint density at radius 3 is 2.59 bits per heavy atom. The summed E-state index contributed by atoms with van der Waals surface area (Å²) in [6.07, 6.45) is 0.656. The van der Waals surface area contributed by atoms with Crippen LogP contribution < -0.4 is 11.1 Å². The fourth-order valence-electron chi connectivity index (χ4n) is 1.84. The van der Waals surface area contributed by atoms with Gasteiger partial charge in [-0.2, -0.15) is 0 Å². The summed E-state index contributed by atoms with van der Waals surface area (Å²) in [5.74, 6) is -0.620. The first-order valence-corrected chi connectivity index (χ1v) is 7.22. The molecule has 0 radical (unpaired) electrons. The van der Waals surface area contributed by atoms with E-state index in [9.17, 15) is 9.59 Å². The molecule has 0 spiro atoms. The lowest BCUT2D eigenvalue weighted by atomic mass is 10.1. The first-order chi connectivity index (χ1) is 10.5. The zero-order valence-corrected chi connectivity index (χ0v) is 13.0. The van der Waals surface area contributed by atoms with Crippen LogP contribution in [0.5, 0.6) is 0 Å². The summed E-state index contributed by atoms with van der Waals surface area (Å²) in [5.41, 5.74) is 6.03. The second-order valence-electron chi connectivity index (χ2n) is 4.53. The van der Waals surface area contributed by atoms with Crippen LogP contribution in [0, 0.1) is 0 Å². The predicted octanol–water partition coefficient (Wildman–Crippen LogP) is 3.06. The third kappa shape index (κ3) is 4.19. The SMILES string of the molecule is NC(=O)c1cccc(NC(=O)CCc2cccc(Cl)c2Cl)n1. The van der Waals surface area contributed by atoms with E-state index in [4.69, 9.17) is 28.9 Å². The van der Waals surface area contributed by atoms with E-state index in [0.29, 0.717) is 16.5 Å². The number of aromatic nitrogens is 1. The predicted molar refractivity (Wildman–Crippen MR) is 86.2 cm³/mol. The molecule has 1 aromatic heterocycles. The smallest absolute Gasteiger partial charge is 0.267 e. The number of benzene rings is 1. The Morgan fingerprint density at radius 1 is 1.14 bits per heavy atom. The number of carbonyl (C=O) groups is 2. The lowest BCUT2D eigenvalue weighted by Gasteiger charge is -2.07. The Kier molecular flexibility index (Phi) is 5.35. The molecular formula is C15H13Cl2N3O2. The van der Waals surface area contributed by atoms with E-state index in [1.54, 1.807) is 24.3 Å². The normalized spacial score (nSPS) is 10.3. The van der Waals surface area contributed by atoms with Crippen LogP contribution in [0.2, 0.25) is 10.0 Å². The first-order valence-electron chi connectivity index (χ1n) is 6.47. The molecule has 0 unspecified atom stereocenters. The van der Waals surface area contributed by atoms with E-state index in [0.717, 1.165) is 5.56 Å². The lowest BCUT2D eigenvalue weighted by Crippen LogP contribution is -2.17. The molecule has 2 amide bonds. The van der Waals surface area contributed by atoms with Gasteiger partial charge in [0.05, 0.1) is 10.0 Å². The zero-order chi connectivity index (χ0) is 16.1. The highest BCUT2D eigenvalue weighted by Gasteiger charge is 2.09. The van der Waals surface area contributed by atoms with Crippen LogP contribution in [0.1, 0.15) is 22.5 Å². The maximum absolute atomic E-state index is 11.9. The van der Waals surface area contributed by atoms with Gasteiger partial charge in [-0.05, 0) is 30.2 Å². The number of primary amides is 1. The number of hydrogen-bond donors (Lipinski definition) is 2. The van der Waals surface area contributed by atoms with E-state index in [1.807, 2.05) is 6.07 Å². The standard InChI is InChI=1S/C15H13Cl2N3O2/c16-10-4-1-3-9(14(10)17)7-8-13(21)20-12-6-2-5-11(19-12)15(18)22/h1-6H,7-8H2,(H2,18,22)(H,19,20,21). The van der Waals surface area contributed by atoms with Crippen LogP contribution >= 0.6 is 23.2 Å². The summed E-state index contributed by atoms with van der Waals surface area (Å²) in [5, 5.41) is 3.51. The topological polar surface area (TPSA) is 85.1 Å². The summed E-state index contributed by atoms with van der Waals surface area (Å²) < 4.78 is 0. The first kappa shape index (κ1) is 16.3. The minimum atomic E-state index is -0.651. The highest BCUT2D eigenvalue weighted by Crippen LogP contribution is 2.26. The summed E-state index contributed by atoms with van der Waals surface area (Å²) >= 11 is 12.0. The molecule has 2 aromatic rings. The van der Waals surface area contributed by atoms with Gasteiger partial charge in [-0.3, -0.25) is 9.59 Å². The highest BCUT2D eigenvalue weighted by atomic mass is 35.5. The zero-order valence-electron chi connectivity index (χ0n) is 11.5. The largest absolute Gasteiger partial charge is 0.364 e. The summed E-state index contributed by atoms with van der Waals surface area (Å²) in [6.45, 7) is 0. The van der Waals surface area contributed by atoms with Gasteiger partial charge >= 0.3 is 0 Å². The number of carbonyl (C=O) groups excluding carboxylic acids is 2. The van der Waals surface area contributed by atoms with Crippen LogP contribution in [0.15, 0.2) is 36.4 Å². The van der Waals surface area contributed by atoms with Crippen LogP contribution in [-0.4, -0.2) is 16.8 Å². The third-order valence-corrected chi connectivity index (χ3v) is 3.78. The van der Waals surface area contributed by atoms with Crippen LogP contribution in [-0.2, 0) is 11.2 Å². The number of anilines is 1. The lowest BCUT2D eigenvalue weighted by molar-refractivity contribution is -0.116.